The quantitative estimate of drug-likeness (QED) is 0.826. The van der Waals surface area contributed by atoms with E-state index in [0.29, 0.717) is 13.0 Å². The number of nitrogens with zero attached hydrogens (tertiary/aromatic N) is 4. The molecule has 2 unspecified atom stereocenters. The van der Waals surface area contributed by atoms with Crippen LogP contribution in [0.2, 0.25) is 0 Å². The van der Waals surface area contributed by atoms with Crippen molar-refractivity contribution in [3.63, 3.8) is 0 Å². The van der Waals surface area contributed by atoms with Crippen molar-refractivity contribution in [2.75, 3.05) is 7.05 Å². The molecule has 0 aromatic carbocycles. The van der Waals surface area contributed by atoms with E-state index in [1.54, 1.807) is 17.0 Å². The van der Waals surface area contributed by atoms with Crippen LogP contribution in [0.1, 0.15) is 37.2 Å². The number of amides is 2. The average molecular weight is 346 g/mol. The van der Waals surface area contributed by atoms with E-state index >= 15 is 0 Å². The summed E-state index contributed by atoms with van der Waals surface area (Å²) in [6.45, 7) is 9.21. The summed E-state index contributed by atoms with van der Waals surface area (Å²) in [6, 6.07) is -0.734. The molecule has 136 valence electrons. The van der Waals surface area contributed by atoms with E-state index in [9.17, 15) is 9.59 Å². The van der Waals surface area contributed by atoms with Gasteiger partial charge in [0.05, 0.1) is 5.69 Å². The third-order valence-electron chi connectivity index (χ3n) is 4.96. The van der Waals surface area contributed by atoms with E-state index in [1.165, 1.54) is 0 Å². The Morgan fingerprint density at radius 2 is 2.12 bits per heavy atom. The molecule has 3 rings (SSSR count). The second kappa shape index (κ2) is 6.51. The molecule has 0 saturated carbocycles. The Morgan fingerprint density at radius 3 is 2.76 bits per heavy atom. The number of nitrogens with one attached hydrogen (secondary N) is 2. The molecule has 0 aliphatic carbocycles. The van der Waals surface area contributed by atoms with Crippen LogP contribution >= 0.6 is 0 Å². The van der Waals surface area contributed by atoms with E-state index in [-0.39, 0.29) is 17.9 Å². The van der Waals surface area contributed by atoms with Crippen molar-refractivity contribution >= 4 is 11.8 Å². The lowest BCUT2D eigenvalue weighted by molar-refractivity contribution is -0.132. The van der Waals surface area contributed by atoms with Crippen molar-refractivity contribution in [2.24, 2.45) is 0 Å². The Hall–Kier alpha value is -2.35. The van der Waals surface area contributed by atoms with Crippen LogP contribution in [0.15, 0.2) is 11.9 Å². The van der Waals surface area contributed by atoms with Gasteiger partial charge in [0.1, 0.15) is 12.1 Å². The number of hydrogen-bond acceptors (Lipinski definition) is 5. The normalized spacial score (nSPS) is 22.5. The summed E-state index contributed by atoms with van der Waals surface area (Å²) < 4.78 is 1.95. The number of hydrogen-bond donors (Lipinski definition) is 2. The van der Waals surface area contributed by atoms with Gasteiger partial charge in [-0.05, 0) is 27.7 Å². The number of aromatic nitrogens is 2. The second-order valence-corrected chi connectivity index (χ2v) is 6.80. The van der Waals surface area contributed by atoms with Crippen molar-refractivity contribution in [1.82, 2.24) is 30.4 Å². The van der Waals surface area contributed by atoms with E-state index in [1.807, 2.05) is 31.7 Å². The van der Waals surface area contributed by atoms with E-state index in [0.717, 1.165) is 29.2 Å². The lowest BCUT2D eigenvalue weighted by Crippen LogP contribution is -2.49. The number of carbonyl (C=O) groups excluding carboxylic acids is 2. The van der Waals surface area contributed by atoms with Crippen LogP contribution < -0.4 is 10.7 Å². The predicted molar refractivity (Wildman–Crippen MR) is 92.9 cm³/mol. The number of fused-ring (bicyclic) bond motifs is 1. The topological polar surface area (TPSA) is 82.5 Å². The van der Waals surface area contributed by atoms with Gasteiger partial charge >= 0.3 is 0 Å². The minimum absolute atomic E-state index is 0.0173. The maximum Gasteiger partial charge on any atom is 0.248 e. The maximum absolute atomic E-state index is 12.8. The van der Waals surface area contributed by atoms with Crippen LogP contribution in [0.3, 0.4) is 0 Å². The Kier molecular flexibility index (Phi) is 4.55. The largest absolute Gasteiger partial charge is 0.340 e. The molecule has 2 N–H and O–H groups in total. The average Bonchev–Trinajstić information content (AvgIpc) is 3.10. The monoisotopic (exact) mass is 346 g/mol. The fourth-order valence-electron chi connectivity index (χ4n) is 3.55. The summed E-state index contributed by atoms with van der Waals surface area (Å²) in [7, 11) is 1.80. The molecule has 8 heteroatoms. The number of hydrazine groups is 1. The molecule has 1 fully saturated rings. The SMILES string of the molecule is CCn1nc(C)c(CN(C)C(=O)C2CC3C(=O)NC(C)=CN3N2)c1C. The van der Waals surface area contributed by atoms with E-state index < -0.39 is 6.04 Å². The maximum atomic E-state index is 12.8. The van der Waals surface area contributed by atoms with Crippen molar-refractivity contribution < 1.29 is 9.59 Å². The summed E-state index contributed by atoms with van der Waals surface area (Å²) >= 11 is 0. The first-order valence-corrected chi connectivity index (χ1v) is 8.63. The van der Waals surface area contributed by atoms with Crippen molar-refractivity contribution in [3.8, 4) is 0 Å². The zero-order chi connectivity index (χ0) is 18.3. The first-order chi connectivity index (χ1) is 11.8. The summed E-state index contributed by atoms with van der Waals surface area (Å²) in [5.41, 5.74) is 7.05. The Morgan fingerprint density at radius 1 is 1.40 bits per heavy atom. The summed E-state index contributed by atoms with van der Waals surface area (Å²) in [5.74, 6) is -0.0855. The number of aryl methyl sites for hydroxylation is 2. The van der Waals surface area contributed by atoms with Crippen LogP contribution in [0.4, 0.5) is 0 Å². The second-order valence-electron chi connectivity index (χ2n) is 6.80. The molecule has 2 aliphatic heterocycles. The molecule has 2 amide bonds. The molecule has 8 nitrogen and oxygen atoms in total. The molecule has 0 spiro atoms. The van der Waals surface area contributed by atoms with Crippen LogP contribution in [-0.4, -0.2) is 50.6 Å². The van der Waals surface area contributed by atoms with Crippen LogP contribution in [0.25, 0.3) is 0 Å². The Balaban J connectivity index is 1.70. The number of carbonyl (C=O) groups is 2. The third-order valence-corrected chi connectivity index (χ3v) is 4.96. The van der Waals surface area contributed by atoms with Crippen molar-refractivity contribution in [1.29, 1.82) is 0 Å². The molecule has 1 saturated heterocycles. The van der Waals surface area contributed by atoms with Gasteiger partial charge in [-0.15, -0.1) is 0 Å². The molecular formula is C17H26N6O2. The van der Waals surface area contributed by atoms with Crippen LogP contribution in [-0.2, 0) is 22.7 Å². The molecule has 1 aromatic rings. The van der Waals surface area contributed by atoms with Gasteiger partial charge < -0.3 is 15.2 Å². The molecular weight excluding hydrogens is 320 g/mol. The highest BCUT2D eigenvalue weighted by Crippen LogP contribution is 2.22. The minimum atomic E-state index is -0.398. The molecule has 0 radical (unpaired) electrons. The number of likely N-dealkylation sites (N-methyl/N-ethyl adjacent to an activating group) is 1. The predicted octanol–water partition coefficient (Wildman–Crippen LogP) is 0.417. The Bertz CT molecular complexity index is 738. The summed E-state index contributed by atoms with van der Waals surface area (Å²) in [4.78, 5) is 26.6. The van der Waals surface area contributed by atoms with Gasteiger partial charge in [0.25, 0.3) is 0 Å². The summed E-state index contributed by atoms with van der Waals surface area (Å²) in [6.07, 6.45) is 2.30. The molecule has 2 aliphatic rings. The van der Waals surface area contributed by atoms with Gasteiger partial charge in [-0.3, -0.25) is 14.3 Å². The molecule has 0 bridgehead atoms. The highest BCUT2D eigenvalue weighted by atomic mass is 16.2. The highest BCUT2D eigenvalue weighted by Gasteiger charge is 2.41. The fraction of sp³-hybridized carbons (Fsp3) is 0.588. The standard InChI is InChI=1S/C17H26N6O2/c1-6-22-12(4)13(11(3)19-22)9-21(5)17(25)14-7-15-16(24)18-10(2)8-23(15)20-14/h8,14-15,20H,6-7,9H2,1-5H3,(H,18,24). The van der Waals surface area contributed by atoms with Gasteiger partial charge in [0.2, 0.25) is 11.8 Å². The van der Waals surface area contributed by atoms with Gasteiger partial charge in [-0.2, -0.15) is 5.10 Å². The molecule has 3 heterocycles. The fourth-order valence-corrected chi connectivity index (χ4v) is 3.55. The Labute approximate surface area is 147 Å². The third kappa shape index (κ3) is 3.13. The van der Waals surface area contributed by atoms with Gasteiger partial charge in [-0.1, -0.05) is 0 Å². The van der Waals surface area contributed by atoms with Crippen molar-refractivity contribution in [3.05, 3.63) is 28.8 Å². The molecule has 25 heavy (non-hydrogen) atoms. The van der Waals surface area contributed by atoms with Crippen LogP contribution in [0, 0.1) is 13.8 Å². The van der Waals surface area contributed by atoms with Crippen LogP contribution in [0.5, 0.6) is 0 Å². The summed E-state index contributed by atoms with van der Waals surface area (Å²) in [5, 5.41) is 9.06. The van der Waals surface area contributed by atoms with Gasteiger partial charge in [-0.25, -0.2) is 5.43 Å². The number of allylic oxidation sites excluding steroid dienone is 1. The zero-order valence-corrected chi connectivity index (χ0v) is 15.5. The first kappa shape index (κ1) is 17.5. The van der Waals surface area contributed by atoms with Gasteiger partial charge in [0.15, 0.2) is 0 Å². The number of rotatable bonds is 4. The lowest BCUT2D eigenvalue weighted by atomic mass is 10.1. The van der Waals surface area contributed by atoms with E-state index in [4.69, 9.17) is 0 Å². The van der Waals surface area contributed by atoms with Gasteiger partial charge in [0, 0.05) is 49.7 Å². The first-order valence-electron chi connectivity index (χ1n) is 8.63. The minimum Gasteiger partial charge on any atom is -0.340 e. The smallest absolute Gasteiger partial charge is 0.248 e. The van der Waals surface area contributed by atoms with Crippen molar-refractivity contribution in [2.45, 2.75) is 59.3 Å². The molecule has 1 aromatic heterocycles. The molecule has 2 atom stereocenters. The lowest BCUT2D eigenvalue weighted by Gasteiger charge is -2.27. The highest BCUT2D eigenvalue weighted by molar-refractivity contribution is 5.88. The zero-order valence-electron chi connectivity index (χ0n) is 15.5. The van der Waals surface area contributed by atoms with E-state index in [2.05, 4.69) is 22.8 Å².